The molecule has 0 unspecified atom stereocenters. The molecular weight excluding hydrogens is 1870 g/mol. The maximum Gasteiger partial charge on any atom is 0.325 e. The highest BCUT2D eigenvalue weighted by molar-refractivity contribution is 6.01. The molecule has 1 saturated carbocycles. The van der Waals surface area contributed by atoms with E-state index in [4.69, 9.17) is 30.6 Å². The Bertz CT molecular complexity index is 6830. The van der Waals surface area contributed by atoms with Crippen molar-refractivity contribution in [2.75, 3.05) is 52.9 Å². The van der Waals surface area contributed by atoms with Crippen molar-refractivity contribution in [1.29, 1.82) is 0 Å². The van der Waals surface area contributed by atoms with Crippen molar-refractivity contribution >= 4 is 83.1 Å². The highest BCUT2D eigenvalue weighted by Crippen LogP contribution is 2.28. The van der Waals surface area contributed by atoms with Gasteiger partial charge in [0.05, 0.1) is 12.8 Å². The third-order valence-corrected chi connectivity index (χ3v) is 16.9. The average molecular weight is 1960 g/mol. The number of carboxylic acid groups (broad SMARTS) is 6. The minimum absolute atomic E-state index is 0.181. The van der Waals surface area contributed by atoms with E-state index in [2.05, 4.69) is 160 Å². The van der Waals surface area contributed by atoms with E-state index < -0.39 is 122 Å². The topological polar surface area (TPSA) is 686 Å². The Balaban J connectivity index is 0.000000297. The van der Waals surface area contributed by atoms with E-state index in [0.29, 0.717) is 50.6 Å². The summed E-state index contributed by atoms with van der Waals surface area (Å²) in [6.45, 7) is 11.4. The van der Waals surface area contributed by atoms with Crippen LogP contribution in [0.5, 0.6) is 40.2 Å². The molecule has 10 aromatic rings. The van der Waals surface area contributed by atoms with Crippen LogP contribution in [0.15, 0.2) is 165 Å². The number of amides is 7. The van der Waals surface area contributed by atoms with Gasteiger partial charge in [-0.15, -0.1) is 5.92 Å². The fourth-order valence-electron chi connectivity index (χ4n) is 9.97. The lowest BCUT2D eigenvalue weighted by Crippen LogP contribution is -2.30. The van der Waals surface area contributed by atoms with Crippen LogP contribution in [0.25, 0.3) is 0 Å². The van der Waals surface area contributed by atoms with Gasteiger partial charge in [-0.2, -0.15) is 0 Å². The van der Waals surface area contributed by atoms with Gasteiger partial charge >= 0.3 is 41.8 Å². The van der Waals surface area contributed by atoms with Gasteiger partial charge in [0.25, 0.3) is 41.4 Å². The number of aromatic nitrogens is 7. The number of rotatable bonds is 21. The number of carbonyl (C=O) groups excluding carboxylic acids is 8. The monoisotopic (exact) mass is 1960 g/mol. The molecular formula is C102H94N14O28. The number of methoxy groups -OCH3 is 1. The number of aryl methyl sites for hydroxylation is 2. The zero-order valence-corrected chi connectivity index (χ0v) is 78.2. The molecule has 144 heavy (non-hydrogen) atoms. The first-order valence-corrected chi connectivity index (χ1v) is 42.1. The molecule has 0 radical (unpaired) electrons. The average Bonchev–Trinajstić information content (AvgIpc) is 1.34. The Kier molecular flexibility index (Phi) is 46.3. The van der Waals surface area contributed by atoms with Gasteiger partial charge in [0.2, 0.25) is 0 Å². The molecule has 42 nitrogen and oxygen atoms in total. The summed E-state index contributed by atoms with van der Waals surface area (Å²) in [5, 5.41) is 134. The standard InChI is InChI=1S/C18H16N2O4.C17H14N2O4.C16H12N2O4.C14H16N2O4.C13H12N2O4.C13H14N2O4.C11H10N2O4/c1-11-3-5-13(6-4-11)7-8-14-9-15(21)17(20-12(14)2)18(24)19-10-16(22)23;1-23-15(21)11-19-17(22)16-14(20)9-13(10-18-16)8-7-12-5-3-2-4-6-12;19-13-8-12(7-6-11-4-2-1-3-5-11)9-17-15(13)16(22)18-10-14(20)21;1-14(2,3)5-4-9-6-10(17)12(15-7-9)13(20)16-8-11(18)19;16-10-5-9(4-3-8-1-2-8)6-14-12(10)13(19)15-7-11(17)18;1-8(2)3-4-9-5-10(16)12(14-6-9)13(19)15-7-11(17)18;1-2-3-7-4-8(14)10(12-5-7)11(17)13-6-9(15)16/h3-6,9,21H,10H2,1-2H3,(H,19,24)(H,22,23);2-6,9-10,20H,11H2,1H3,(H,19,22);1-5,8-9,19H,10H2,(H,18,22)(H,20,21);6-7,17H,8H2,1-3H3,(H,16,20)(H,18,19);5-6,8,16H,1-2,7H2,(H,15,19)(H,17,18);5-6,8,16H,7H2,1-2H3,(H,15,19)(H,17,18);4-5,14H,6H2,1H3,(H,13,17)(H,15,16). The third-order valence-electron chi connectivity index (χ3n) is 16.9. The van der Waals surface area contributed by atoms with Crippen molar-refractivity contribution in [3.8, 4) is 123 Å². The van der Waals surface area contributed by atoms with E-state index in [1.165, 1.54) is 86.8 Å². The molecule has 7 aromatic heterocycles. The Morgan fingerprint density at radius 2 is 0.618 bits per heavy atom. The predicted octanol–water partition coefficient (Wildman–Crippen LogP) is 5.65. The smallest absolute Gasteiger partial charge is 0.325 e. The number of aliphatic carboxylic acids is 6. The second kappa shape index (κ2) is 58.3. The molecule has 1 aliphatic carbocycles. The maximum atomic E-state index is 11.8. The minimum atomic E-state index is -1.18. The Morgan fingerprint density at radius 1 is 0.347 bits per heavy atom. The largest absolute Gasteiger partial charge is 0.505 e. The minimum Gasteiger partial charge on any atom is -0.505 e. The second-order valence-corrected chi connectivity index (χ2v) is 30.4. The highest BCUT2D eigenvalue weighted by Gasteiger charge is 2.23. The van der Waals surface area contributed by atoms with Crippen molar-refractivity contribution in [3.05, 3.63) is 271 Å². The number of hydrogen-bond acceptors (Lipinski definition) is 29. The van der Waals surface area contributed by atoms with E-state index in [1.807, 2.05) is 126 Å². The molecule has 20 N–H and O–H groups in total. The summed E-state index contributed by atoms with van der Waals surface area (Å²) >= 11 is 0. The number of carbonyl (C=O) groups is 14. The lowest BCUT2D eigenvalue weighted by atomic mass is 9.97. The van der Waals surface area contributed by atoms with Crippen LogP contribution in [0.2, 0.25) is 0 Å². The van der Waals surface area contributed by atoms with Gasteiger partial charge in [-0.25, -0.2) is 34.9 Å². The fourth-order valence-corrected chi connectivity index (χ4v) is 9.97. The predicted molar refractivity (Wildman–Crippen MR) is 512 cm³/mol. The molecule has 7 amide bonds. The van der Waals surface area contributed by atoms with Crippen molar-refractivity contribution in [1.82, 2.24) is 72.1 Å². The van der Waals surface area contributed by atoms with Crippen LogP contribution in [0, 0.1) is 114 Å². The van der Waals surface area contributed by atoms with Crippen LogP contribution in [-0.4, -0.2) is 237 Å². The maximum absolute atomic E-state index is 11.8. The van der Waals surface area contributed by atoms with E-state index in [9.17, 15) is 103 Å². The summed E-state index contributed by atoms with van der Waals surface area (Å²) < 4.78 is 4.40. The van der Waals surface area contributed by atoms with Crippen LogP contribution in [0.1, 0.15) is 195 Å². The molecule has 0 atom stereocenters. The number of nitrogens with zero attached hydrogens (tertiary/aromatic N) is 7. The van der Waals surface area contributed by atoms with Crippen LogP contribution >= 0.6 is 0 Å². The normalized spacial score (nSPS) is 10.1. The first-order chi connectivity index (χ1) is 68.2. The van der Waals surface area contributed by atoms with Crippen molar-refractivity contribution in [2.45, 2.75) is 68.2 Å². The quantitative estimate of drug-likeness (QED) is 0.0305. The number of pyridine rings is 7. The van der Waals surface area contributed by atoms with E-state index in [0.717, 1.165) is 35.1 Å². The Hall–Kier alpha value is -20.2. The highest BCUT2D eigenvalue weighted by atomic mass is 16.5. The van der Waals surface area contributed by atoms with Gasteiger partial charge in [0.1, 0.15) is 86.1 Å². The molecule has 740 valence electrons. The van der Waals surface area contributed by atoms with Crippen molar-refractivity contribution in [3.63, 3.8) is 0 Å². The zero-order valence-electron chi connectivity index (χ0n) is 78.2. The molecule has 0 bridgehead atoms. The zero-order chi connectivity index (χ0) is 107. The first-order valence-electron chi connectivity index (χ1n) is 42.1. The number of ether oxygens (including phenoxy) is 1. The molecule has 1 fully saturated rings. The molecule has 1 aliphatic rings. The first kappa shape index (κ1) is 114. The summed E-state index contributed by atoms with van der Waals surface area (Å²) in [5.41, 5.74) is 5.69. The number of aromatic hydroxyl groups is 7. The summed E-state index contributed by atoms with van der Waals surface area (Å²) in [6.07, 6.45) is 10.3. The van der Waals surface area contributed by atoms with Gasteiger partial charge in [-0.1, -0.05) is 145 Å². The van der Waals surface area contributed by atoms with Crippen molar-refractivity contribution < 1.29 is 138 Å². The SMILES string of the molecule is CC#Cc1cnc(C(=O)NCC(=O)O)c(O)c1.CC(C)(C)C#Cc1cnc(C(=O)NCC(=O)O)c(O)c1.CC(C)C#Cc1cnc(C(=O)NCC(=O)O)c(O)c1.COC(=O)CNC(=O)c1ncc(C#Cc2ccccc2)cc1O.Cc1ccc(C#Cc2cc(O)c(C(=O)NCC(=O)O)nc2C)cc1.O=C(O)CNC(=O)c1ncc(C#CC2CC2)cc1O.O=C(O)CNC(=O)c1ncc(C#Cc2ccccc2)cc1O. The van der Waals surface area contributed by atoms with E-state index in [1.54, 1.807) is 13.8 Å². The third kappa shape index (κ3) is 43.7. The van der Waals surface area contributed by atoms with Gasteiger partial charge in [0, 0.05) is 110 Å². The number of nitrogens with one attached hydrogen (secondary N) is 7. The summed E-state index contributed by atoms with van der Waals surface area (Å²) in [7, 11) is 1.21. The summed E-state index contributed by atoms with van der Waals surface area (Å²) in [6, 6.07) is 35.6. The molecule has 11 rings (SSSR count). The number of hydrogen-bond donors (Lipinski definition) is 20. The number of carboxylic acids is 6. The molecule has 7 heterocycles. The molecule has 3 aromatic carbocycles. The van der Waals surface area contributed by atoms with Gasteiger partial charge in [0.15, 0.2) is 39.9 Å². The van der Waals surface area contributed by atoms with E-state index >= 15 is 0 Å². The van der Waals surface area contributed by atoms with Crippen LogP contribution in [0.3, 0.4) is 0 Å². The van der Waals surface area contributed by atoms with Crippen molar-refractivity contribution in [2.24, 2.45) is 17.3 Å². The molecule has 0 aliphatic heterocycles. The molecule has 0 saturated heterocycles. The summed E-state index contributed by atoms with van der Waals surface area (Å²) in [4.78, 5) is 181. The van der Waals surface area contributed by atoms with E-state index in [-0.39, 0.29) is 98.0 Å². The number of esters is 1. The lowest BCUT2D eigenvalue weighted by Gasteiger charge is -2.07. The van der Waals surface area contributed by atoms with Crippen LogP contribution in [0.4, 0.5) is 0 Å². The Labute approximate surface area is 822 Å². The number of benzene rings is 3. The van der Waals surface area contributed by atoms with Gasteiger partial charge in [-0.05, 0) is 133 Å². The fraction of sp³-hybridized carbons (Fsp3) is 0.206. The van der Waals surface area contributed by atoms with Crippen LogP contribution < -0.4 is 37.2 Å². The molecule has 42 heteroatoms. The molecule has 0 spiro atoms. The van der Waals surface area contributed by atoms with Crippen LogP contribution in [-0.2, 0) is 38.3 Å². The second-order valence-electron chi connectivity index (χ2n) is 30.4. The summed E-state index contributed by atoms with van der Waals surface area (Å²) in [5.74, 6) is 25.5. The Morgan fingerprint density at radius 3 is 0.910 bits per heavy atom. The van der Waals surface area contributed by atoms with Gasteiger partial charge < -0.3 is 108 Å². The lowest BCUT2D eigenvalue weighted by molar-refractivity contribution is -0.139. The van der Waals surface area contributed by atoms with Gasteiger partial charge in [-0.3, -0.25) is 67.1 Å².